The van der Waals surface area contributed by atoms with Crippen LogP contribution in [0.3, 0.4) is 0 Å². The molecule has 56 valence electrons. The highest BCUT2D eigenvalue weighted by Crippen LogP contribution is 2.15. The first-order valence-electron chi connectivity index (χ1n) is 3.25. The van der Waals surface area contributed by atoms with Crippen LogP contribution in [0.5, 0.6) is 0 Å². The first-order chi connectivity index (χ1) is 5.24. The summed E-state index contributed by atoms with van der Waals surface area (Å²) in [6, 6.07) is 1.80. The highest BCUT2D eigenvalue weighted by molar-refractivity contribution is 5.51. The van der Waals surface area contributed by atoms with Crippen molar-refractivity contribution in [3.63, 3.8) is 0 Å². The minimum atomic E-state index is 0.597. The summed E-state index contributed by atoms with van der Waals surface area (Å²) in [5, 5.41) is 0. The predicted octanol–water partition coefficient (Wildman–Crippen LogP) is 1.67. The summed E-state index contributed by atoms with van der Waals surface area (Å²) in [6.07, 6.45) is 3.22. The number of nitrogens with zero attached hydrogens (tertiary/aromatic N) is 2. The average Bonchev–Trinajstić information content (AvgIpc) is 1.98. The number of aryl methyl sites for hydroxylation is 2. The van der Waals surface area contributed by atoms with E-state index in [-0.39, 0.29) is 0 Å². The Kier molecular flexibility index (Phi) is 2.14. The second kappa shape index (κ2) is 3.08. The molecular weight excluding hydrogens is 140 g/mol. The molecule has 0 amide bonds. The Labute approximate surface area is 64.8 Å². The fourth-order valence-corrected chi connectivity index (χ4v) is 0.784. The molecular formula is C8H8N2O. The average molecular weight is 148 g/mol. The lowest BCUT2D eigenvalue weighted by Gasteiger charge is -1.96. The highest BCUT2D eigenvalue weighted by atomic mass is 16.1. The van der Waals surface area contributed by atoms with Crippen molar-refractivity contribution in [1.82, 2.24) is 4.98 Å². The van der Waals surface area contributed by atoms with Crippen molar-refractivity contribution in [3.05, 3.63) is 23.5 Å². The lowest BCUT2D eigenvalue weighted by atomic mass is 10.2. The number of hydrogen-bond acceptors (Lipinski definition) is 3. The predicted molar refractivity (Wildman–Crippen MR) is 41.5 cm³/mol. The monoisotopic (exact) mass is 148 g/mol. The molecule has 0 bridgehead atoms. The normalized spacial score (nSPS) is 8.91. The Balaban J connectivity index is 3.22. The smallest absolute Gasteiger partial charge is 0.240 e. The number of pyridine rings is 1. The van der Waals surface area contributed by atoms with Crippen molar-refractivity contribution < 1.29 is 4.79 Å². The first-order valence-corrected chi connectivity index (χ1v) is 3.25. The van der Waals surface area contributed by atoms with E-state index in [1.54, 1.807) is 19.2 Å². The Morgan fingerprint density at radius 3 is 2.91 bits per heavy atom. The molecule has 0 aliphatic heterocycles. The molecule has 0 atom stereocenters. The molecule has 0 aliphatic carbocycles. The summed E-state index contributed by atoms with van der Waals surface area (Å²) in [4.78, 5) is 17.4. The standard InChI is InChI=1S/C8H8N2O/c1-6-3-8(10-5-11)7(2)9-4-6/h3-4H,1-2H3. The number of carbonyl (C=O) groups excluding carboxylic acids is 1. The molecule has 0 N–H and O–H groups in total. The Morgan fingerprint density at radius 2 is 2.27 bits per heavy atom. The third-order valence-corrected chi connectivity index (χ3v) is 1.36. The van der Waals surface area contributed by atoms with E-state index < -0.39 is 0 Å². The molecule has 1 rings (SSSR count). The van der Waals surface area contributed by atoms with Gasteiger partial charge in [-0.3, -0.25) is 4.98 Å². The van der Waals surface area contributed by atoms with Crippen molar-refractivity contribution in [2.45, 2.75) is 13.8 Å². The molecule has 0 aliphatic rings. The van der Waals surface area contributed by atoms with Crippen LogP contribution in [0.1, 0.15) is 11.3 Å². The van der Waals surface area contributed by atoms with Gasteiger partial charge in [-0.25, -0.2) is 4.79 Å². The van der Waals surface area contributed by atoms with Crippen LogP contribution in [0.25, 0.3) is 0 Å². The van der Waals surface area contributed by atoms with Crippen molar-refractivity contribution in [1.29, 1.82) is 0 Å². The van der Waals surface area contributed by atoms with Gasteiger partial charge in [-0.15, -0.1) is 0 Å². The van der Waals surface area contributed by atoms with E-state index in [1.165, 1.54) is 6.08 Å². The zero-order valence-electron chi connectivity index (χ0n) is 6.46. The lowest BCUT2D eigenvalue weighted by Crippen LogP contribution is -1.82. The minimum absolute atomic E-state index is 0.597. The van der Waals surface area contributed by atoms with E-state index in [0.29, 0.717) is 5.69 Å². The number of isocyanates is 1. The van der Waals surface area contributed by atoms with E-state index in [4.69, 9.17) is 0 Å². The first kappa shape index (κ1) is 7.63. The Hall–Kier alpha value is -1.47. The lowest BCUT2D eigenvalue weighted by molar-refractivity contribution is 0.565. The van der Waals surface area contributed by atoms with Gasteiger partial charge in [0.1, 0.15) is 0 Å². The second-order valence-corrected chi connectivity index (χ2v) is 2.32. The number of aliphatic imine (C=N–C) groups is 1. The van der Waals surface area contributed by atoms with Crippen LogP contribution in [-0.2, 0) is 4.79 Å². The molecule has 1 aromatic heterocycles. The van der Waals surface area contributed by atoms with E-state index in [9.17, 15) is 4.79 Å². The van der Waals surface area contributed by atoms with Crippen molar-refractivity contribution in [3.8, 4) is 0 Å². The summed E-state index contributed by atoms with van der Waals surface area (Å²) >= 11 is 0. The van der Waals surface area contributed by atoms with Gasteiger partial charge in [-0.1, -0.05) is 0 Å². The molecule has 0 aromatic carbocycles. The van der Waals surface area contributed by atoms with Gasteiger partial charge in [0.25, 0.3) is 0 Å². The summed E-state index contributed by atoms with van der Waals surface area (Å²) in [5.74, 6) is 0. The van der Waals surface area contributed by atoms with Crippen LogP contribution in [0.2, 0.25) is 0 Å². The third-order valence-electron chi connectivity index (χ3n) is 1.36. The highest BCUT2D eigenvalue weighted by Gasteiger charge is 1.96. The van der Waals surface area contributed by atoms with Crippen LogP contribution < -0.4 is 0 Å². The number of hydrogen-bond donors (Lipinski definition) is 0. The van der Waals surface area contributed by atoms with Gasteiger partial charge in [0.15, 0.2) is 0 Å². The van der Waals surface area contributed by atoms with E-state index in [2.05, 4.69) is 9.98 Å². The third kappa shape index (κ3) is 1.72. The SMILES string of the molecule is Cc1cnc(C)c(N=C=O)c1. The van der Waals surface area contributed by atoms with Crippen LogP contribution >= 0.6 is 0 Å². The number of rotatable bonds is 1. The van der Waals surface area contributed by atoms with E-state index >= 15 is 0 Å². The number of aromatic nitrogens is 1. The van der Waals surface area contributed by atoms with Crippen molar-refractivity contribution in [2.75, 3.05) is 0 Å². The van der Waals surface area contributed by atoms with E-state index in [1.807, 2.05) is 6.92 Å². The Bertz CT molecular complexity index is 314. The second-order valence-electron chi connectivity index (χ2n) is 2.32. The van der Waals surface area contributed by atoms with Gasteiger partial charge in [-0.2, -0.15) is 4.99 Å². The molecule has 3 heteroatoms. The Morgan fingerprint density at radius 1 is 1.55 bits per heavy atom. The van der Waals surface area contributed by atoms with Gasteiger partial charge in [0, 0.05) is 6.20 Å². The molecule has 11 heavy (non-hydrogen) atoms. The van der Waals surface area contributed by atoms with Gasteiger partial charge in [0.2, 0.25) is 6.08 Å². The molecule has 0 radical (unpaired) electrons. The zero-order valence-corrected chi connectivity index (χ0v) is 6.46. The summed E-state index contributed by atoms with van der Waals surface area (Å²) < 4.78 is 0. The fraction of sp³-hybridized carbons (Fsp3) is 0.250. The molecule has 1 aromatic rings. The van der Waals surface area contributed by atoms with Gasteiger partial charge < -0.3 is 0 Å². The van der Waals surface area contributed by atoms with Crippen LogP contribution in [0.15, 0.2) is 17.3 Å². The zero-order chi connectivity index (χ0) is 8.27. The molecule has 3 nitrogen and oxygen atoms in total. The van der Waals surface area contributed by atoms with Gasteiger partial charge >= 0.3 is 0 Å². The van der Waals surface area contributed by atoms with Gasteiger partial charge in [-0.05, 0) is 25.5 Å². The maximum absolute atomic E-state index is 9.92. The summed E-state index contributed by atoms with van der Waals surface area (Å²) in [5.41, 5.74) is 2.34. The molecule has 0 saturated carbocycles. The van der Waals surface area contributed by atoms with Crippen molar-refractivity contribution in [2.24, 2.45) is 4.99 Å². The van der Waals surface area contributed by atoms with E-state index in [0.717, 1.165) is 11.3 Å². The molecule has 0 unspecified atom stereocenters. The van der Waals surface area contributed by atoms with Crippen molar-refractivity contribution >= 4 is 11.8 Å². The molecule has 1 heterocycles. The largest absolute Gasteiger partial charge is 0.259 e. The topological polar surface area (TPSA) is 42.3 Å². The molecule has 0 saturated heterocycles. The fourth-order valence-electron chi connectivity index (χ4n) is 0.784. The maximum atomic E-state index is 9.92. The molecule has 0 spiro atoms. The molecule has 0 fully saturated rings. The maximum Gasteiger partial charge on any atom is 0.240 e. The van der Waals surface area contributed by atoms with Crippen LogP contribution in [-0.4, -0.2) is 11.1 Å². The summed E-state index contributed by atoms with van der Waals surface area (Å²) in [7, 11) is 0. The van der Waals surface area contributed by atoms with Gasteiger partial charge in [0.05, 0.1) is 11.4 Å². The quantitative estimate of drug-likeness (QED) is 0.449. The minimum Gasteiger partial charge on any atom is -0.259 e. The van der Waals surface area contributed by atoms with Crippen LogP contribution in [0.4, 0.5) is 5.69 Å². The van der Waals surface area contributed by atoms with Crippen LogP contribution in [0, 0.1) is 13.8 Å². The summed E-state index contributed by atoms with van der Waals surface area (Å²) in [6.45, 7) is 3.70.